The third-order valence-electron chi connectivity index (χ3n) is 5.97. The minimum absolute atomic E-state index is 0.221. The number of nitriles is 1. The third kappa shape index (κ3) is 5.03. The van der Waals surface area contributed by atoms with E-state index in [2.05, 4.69) is 15.6 Å². The Balaban J connectivity index is 1.51. The zero-order chi connectivity index (χ0) is 23.4. The van der Waals surface area contributed by atoms with E-state index in [-0.39, 0.29) is 18.4 Å². The molecule has 1 saturated heterocycles. The zero-order valence-electron chi connectivity index (χ0n) is 18.2. The molecule has 8 nitrogen and oxygen atoms in total. The van der Waals surface area contributed by atoms with Crippen LogP contribution in [0.25, 0.3) is 0 Å². The highest BCUT2D eigenvalue weighted by Crippen LogP contribution is 2.33. The van der Waals surface area contributed by atoms with Crippen molar-refractivity contribution in [3.8, 4) is 6.19 Å². The molecule has 33 heavy (non-hydrogen) atoms. The Bertz CT molecular complexity index is 1130. The van der Waals surface area contributed by atoms with Gasteiger partial charge in [0.05, 0.1) is 15.8 Å². The molecule has 1 aliphatic carbocycles. The summed E-state index contributed by atoms with van der Waals surface area (Å²) in [6.07, 6.45) is 4.74. The standard InChI is InChI=1S/C23H24ClN5O3S/c1-15-12-16(4-5-17(15)29-10-11-32-13-20(29)26-14-25)27-22(31)23(8-2-3-9-23)28-21(30)18-6-7-19(24)33-18/h4-7,12H,2-3,8-11,13H2,1H3,(H,27,31)(H,28,30)/b26-20-. The zero-order valence-corrected chi connectivity index (χ0v) is 19.8. The summed E-state index contributed by atoms with van der Waals surface area (Å²) in [7, 11) is 0. The predicted octanol–water partition coefficient (Wildman–Crippen LogP) is 4.11. The number of rotatable bonds is 5. The minimum atomic E-state index is -0.947. The number of hydrogen-bond donors (Lipinski definition) is 2. The summed E-state index contributed by atoms with van der Waals surface area (Å²) in [6.45, 7) is 3.36. The van der Waals surface area contributed by atoms with Crippen molar-refractivity contribution in [1.29, 1.82) is 5.26 Å². The summed E-state index contributed by atoms with van der Waals surface area (Å²) in [6, 6.07) is 8.95. The molecule has 172 valence electrons. The summed E-state index contributed by atoms with van der Waals surface area (Å²) >= 11 is 7.15. The van der Waals surface area contributed by atoms with Crippen molar-refractivity contribution in [3.05, 3.63) is 45.1 Å². The molecule has 2 N–H and O–H groups in total. The summed E-state index contributed by atoms with van der Waals surface area (Å²) in [5, 5.41) is 14.9. The number of morpholine rings is 1. The maximum absolute atomic E-state index is 13.3. The molecule has 2 aromatic rings. The summed E-state index contributed by atoms with van der Waals surface area (Å²) in [5.74, 6) is 0.0540. The molecule has 1 saturated carbocycles. The van der Waals surface area contributed by atoms with Crippen molar-refractivity contribution in [2.24, 2.45) is 4.99 Å². The molecule has 1 aromatic carbocycles. The number of carbonyl (C=O) groups excluding carboxylic acids is 2. The lowest BCUT2D eigenvalue weighted by Crippen LogP contribution is -2.54. The molecule has 2 heterocycles. The SMILES string of the molecule is Cc1cc(NC(=O)C2(NC(=O)c3ccc(Cl)s3)CCCC2)ccc1N1CCOC/C1=N/C#N. The van der Waals surface area contributed by atoms with Crippen LogP contribution in [0.15, 0.2) is 35.3 Å². The van der Waals surface area contributed by atoms with Crippen molar-refractivity contribution in [3.63, 3.8) is 0 Å². The smallest absolute Gasteiger partial charge is 0.262 e. The van der Waals surface area contributed by atoms with Gasteiger partial charge < -0.3 is 20.3 Å². The number of nitrogens with zero attached hydrogens (tertiary/aromatic N) is 3. The number of amides is 2. The van der Waals surface area contributed by atoms with Crippen LogP contribution in [0.1, 0.15) is 40.9 Å². The first-order chi connectivity index (χ1) is 15.9. The number of thiophene rings is 1. The first-order valence-corrected chi connectivity index (χ1v) is 11.9. The largest absolute Gasteiger partial charge is 0.372 e. The highest BCUT2D eigenvalue weighted by molar-refractivity contribution is 7.18. The molecule has 0 radical (unpaired) electrons. The lowest BCUT2D eigenvalue weighted by atomic mass is 9.95. The van der Waals surface area contributed by atoms with Gasteiger partial charge in [-0.25, -0.2) is 0 Å². The number of benzene rings is 1. The van der Waals surface area contributed by atoms with Crippen LogP contribution in [-0.2, 0) is 9.53 Å². The number of nitrogens with one attached hydrogen (secondary N) is 2. The Labute approximate surface area is 201 Å². The number of amidine groups is 1. The van der Waals surface area contributed by atoms with Gasteiger partial charge in [0.1, 0.15) is 18.0 Å². The first-order valence-electron chi connectivity index (χ1n) is 10.7. The van der Waals surface area contributed by atoms with Gasteiger partial charge in [-0.3, -0.25) is 9.59 Å². The number of ether oxygens (including phenoxy) is 1. The lowest BCUT2D eigenvalue weighted by molar-refractivity contribution is -0.122. The van der Waals surface area contributed by atoms with Gasteiger partial charge >= 0.3 is 0 Å². The Morgan fingerprint density at radius 3 is 2.73 bits per heavy atom. The third-order valence-corrected chi connectivity index (χ3v) is 7.20. The van der Waals surface area contributed by atoms with E-state index in [0.717, 1.165) is 24.1 Å². The highest BCUT2D eigenvalue weighted by Gasteiger charge is 2.43. The molecule has 2 amide bonds. The van der Waals surface area contributed by atoms with Gasteiger partial charge in [0.25, 0.3) is 5.91 Å². The van der Waals surface area contributed by atoms with Crippen LogP contribution >= 0.6 is 22.9 Å². The van der Waals surface area contributed by atoms with Gasteiger partial charge in [0.15, 0.2) is 0 Å². The number of halogens is 1. The van der Waals surface area contributed by atoms with Crippen LogP contribution in [-0.4, -0.2) is 42.9 Å². The van der Waals surface area contributed by atoms with Crippen LogP contribution in [0.4, 0.5) is 11.4 Å². The maximum atomic E-state index is 13.3. The Morgan fingerprint density at radius 2 is 2.06 bits per heavy atom. The topological polar surface area (TPSA) is 107 Å². The second-order valence-corrected chi connectivity index (χ2v) is 9.85. The molecule has 4 rings (SSSR count). The van der Waals surface area contributed by atoms with Crippen LogP contribution in [0.2, 0.25) is 4.34 Å². The van der Waals surface area contributed by atoms with E-state index >= 15 is 0 Å². The molecule has 1 aromatic heterocycles. The second-order valence-electron chi connectivity index (χ2n) is 8.13. The monoisotopic (exact) mass is 485 g/mol. The molecule has 2 aliphatic rings. The Kier molecular flexibility index (Phi) is 6.98. The molecule has 10 heteroatoms. The minimum Gasteiger partial charge on any atom is -0.372 e. The van der Waals surface area contributed by atoms with E-state index in [1.54, 1.807) is 12.1 Å². The van der Waals surface area contributed by atoms with Crippen LogP contribution in [0.5, 0.6) is 0 Å². The van der Waals surface area contributed by atoms with Gasteiger partial charge in [-0.2, -0.15) is 10.3 Å². The molecular formula is C23H24ClN5O3S. The number of anilines is 2. The molecule has 2 fully saturated rings. The highest BCUT2D eigenvalue weighted by atomic mass is 35.5. The lowest BCUT2D eigenvalue weighted by Gasteiger charge is -2.31. The Morgan fingerprint density at radius 1 is 1.27 bits per heavy atom. The first kappa shape index (κ1) is 23.2. The van der Waals surface area contributed by atoms with Gasteiger partial charge in [-0.05, 0) is 55.7 Å². The number of hydrogen-bond acceptors (Lipinski definition) is 6. The van der Waals surface area contributed by atoms with E-state index < -0.39 is 5.54 Å². The molecule has 0 bridgehead atoms. The van der Waals surface area contributed by atoms with E-state index in [0.29, 0.717) is 46.7 Å². The van der Waals surface area contributed by atoms with Crippen LogP contribution < -0.4 is 15.5 Å². The van der Waals surface area contributed by atoms with Crippen molar-refractivity contribution in [1.82, 2.24) is 5.32 Å². The molecule has 0 unspecified atom stereocenters. The van der Waals surface area contributed by atoms with Gasteiger partial charge in [0, 0.05) is 17.9 Å². The fourth-order valence-corrected chi connectivity index (χ4v) is 5.26. The van der Waals surface area contributed by atoms with E-state index in [4.69, 9.17) is 21.6 Å². The van der Waals surface area contributed by atoms with Gasteiger partial charge in [-0.15, -0.1) is 11.3 Å². The van der Waals surface area contributed by atoms with E-state index in [9.17, 15) is 9.59 Å². The average Bonchev–Trinajstić information content (AvgIpc) is 3.45. The molecule has 0 spiro atoms. The van der Waals surface area contributed by atoms with E-state index in [1.807, 2.05) is 36.2 Å². The summed E-state index contributed by atoms with van der Waals surface area (Å²) in [4.78, 5) is 32.4. The fourth-order valence-electron chi connectivity index (χ4n) is 4.33. The maximum Gasteiger partial charge on any atom is 0.262 e. The summed E-state index contributed by atoms with van der Waals surface area (Å²) in [5.41, 5.74) is 1.53. The van der Waals surface area contributed by atoms with Crippen molar-refractivity contribution in [2.45, 2.75) is 38.1 Å². The van der Waals surface area contributed by atoms with Crippen molar-refractivity contribution >= 4 is 52.0 Å². The molecule has 1 aliphatic heterocycles. The number of aliphatic imine (C=N–C) groups is 1. The quantitative estimate of drug-likeness (QED) is 0.620. The second kappa shape index (κ2) is 9.91. The van der Waals surface area contributed by atoms with Gasteiger partial charge in [0.2, 0.25) is 12.1 Å². The fraction of sp³-hybridized carbons (Fsp3) is 0.391. The summed E-state index contributed by atoms with van der Waals surface area (Å²) < 4.78 is 5.95. The van der Waals surface area contributed by atoms with Crippen molar-refractivity contribution < 1.29 is 14.3 Å². The molecule has 0 atom stereocenters. The molecular weight excluding hydrogens is 462 g/mol. The number of carbonyl (C=O) groups is 2. The predicted molar refractivity (Wildman–Crippen MR) is 129 cm³/mol. The van der Waals surface area contributed by atoms with Gasteiger partial charge in [-0.1, -0.05) is 24.4 Å². The van der Waals surface area contributed by atoms with E-state index in [1.165, 1.54) is 11.3 Å². The van der Waals surface area contributed by atoms with Crippen LogP contribution in [0, 0.1) is 18.4 Å². The average molecular weight is 486 g/mol. The normalized spacial score (nSPS) is 18.7. The van der Waals surface area contributed by atoms with Crippen LogP contribution in [0.3, 0.4) is 0 Å². The number of aryl methyl sites for hydroxylation is 1. The van der Waals surface area contributed by atoms with Crippen molar-refractivity contribution in [2.75, 3.05) is 30.0 Å². The Hall–Kier alpha value is -2.93.